The van der Waals surface area contributed by atoms with E-state index in [1.165, 1.54) is 0 Å². The van der Waals surface area contributed by atoms with E-state index in [2.05, 4.69) is 26.4 Å². The van der Waals surface area contributed by atoms with Gasteiger partial charge >= 0.3 is 0 Å². The second kappa shape index (κ2) is 9.53. The molecule has 0 aliphatic heterocycles. The van der Waals surface area contributed by atoms with Gasteiger partial charge in [-0.25, -0.2) is 0 Å². The van der Waals surface area contributed by atoms with E-state index in [9.17, 15) is 9.90 Å². The number of anilines is 2. The van der Waals surface area contributed by atoms with Crippen LogP contribution in [0.4, 0.5) is 22.7 Å². The van der Waals surface area contributed by atoms with Gasteiger partial charge in [-0.05, 0) is 66.0 Å². The third-order valence-electron chi connectivity index (χ3n) is 6.52. The van der Waals surface area contributed by atoms with Crippen molar-refractivity contribution in [3.63, 3.8) is 0 Å². The number of benzene rings is 5. The maximum atomic E-state index is 13.4. The molecule has 0 fully saturated rings. The number of amides is 1. The fourth-order valence-corrected chi connectivity index (χ4v) is 4.80. The number of aromatic nitrogens is 1. The van der Waals surface area contributed by atoms with E-state index in [4.69, 9.17) is 23.8 Å². The largest absolute Gasteiger partial charge is 0.505 e. The Kier molecular flexibility index (Phi) is 5.87. The number of carbonyl (C=O) groups excluding carboxylic acids is 1. The molecule has 0 radical (unpaired) electrons. The molecule has 0 aliphatic carbocycles. The minimum atomic E-state index is -0.537. The van der Waals surface area contributed by atoms with Crippen molar-refractivity contribution in [2.75, 3.05) is 11.1 Å². The monoisotopic (exact) mass is 531 g/mol. The smallest absolute Gasteiger partial charge is 0.259 e. The highest BCUT2D eigenvalue weighted by molar-refractivity contribution is 6.32. The van der Waals surface area contributed by atoms with E-state index in [0.717, 1.165) is 21.8 Å². The number of nitrogen functional groups attached to an aromatic ring is 1. The zero-order valence-electron chi connectivity index (χ0n) is 20.4. The molecular weight excluding hydrogens is 510 g/mol. The van der Waals surface area contributed by atoms with Crippen LogP contribution >= 0.6 is 11.6 Å². The summed E-state index contributed by atoms with van der Waals surface area (Å²) in [6.07, 6.45) is 5.59. The molecule has 7 nitrogen and oxygen atoms in total. The highest BCUT2D eigenvalue weighted by atomic mass is 35.5. The summed E-state index contributed by atoms with van der Waals surface area (Å²) in [5.41, 5.74) is 9.67. The number of hydrogen-bond donors (Lipinski definition) is 4. The highest BCUT2D eigenvalue weighted by Crippen LogP contribution is 2.44. The minimum absolute atomic E-state index is 0. The molecule has 190 valence electrons. The number of aromatic hydroxyl groups is 1. The zero-order valence-corrected chi connectivity index (χ0v) is 21.1. The minimum Gasteiger partial charge on any atom is -0.505 e. The predicted octanol–water partition coefficient (Wildman–Crippen LogP) is 8.31. The number of nitrogens with one attached hydrogen (secondary N) is 2. The first-order valence-corrected chi connectivity index (χ1v) is 12.3. The fraction of sp³-hybridized carbons (Fsp3) is 0. The Hall–Kier alpha value is -5.32. The fourth-order valence-electron chi connectivity index (χ4n) is 4.63. The summed E-state index contributed by atoms with van der Waals surface area (Å²) in [7, 11) is 0. The molecule has 39 heavy (non-hydrogen) atoms. The Bertz CT molecular complexity index is 2010. The maximum absolute atomic E-state index is 13.4. The summed E-state index contributed by atoms with van der Waals surface area (Å²) in [4.78, 5) is 16.8. The summed E-state index contributed by atoms with van der Waals surface area (Å²) in [6, 6.07) is 24.8. The van der Waals surface area contributed by atoms with Gasteiger partial charge in [-0.1, -0.05) is 41.8 Å². The molecule has 0 aliphatic rings. The van der Waals surface area contributed by atoms with Gasteiger partial charge in [0.2, 0.25) is 0 Å². The van der Waals surface area contributed by atoms with Gasteiger partial charge in [0.25, 0.3) is 5.91 Å². The number of phenolic OH excluding ortho intramolecular Hbond substituents is 1. The van der Waals surface area contributed by atoms with E-state index in [0.29, 0.717) is 38.4 Å². The number of hydrogen-bond acceptors (Lipinski definition) is 5. The Morgan fingerprint density at radius 2 is 1.79 bits per heavy atom. The van der Waals surface area contributed by atoms with Crippen molar-refractivity contribution in [3.05, 3.63) is 101 Å². The first-order chi connectivity index (χ1) is 18.9. The van der Waals surface area contributed by atoms with Gasteiger partial charge in [-0.15, -0.1) is 11.5 Å². The van der Waals surface area contributed by atoms with E-state index in [1.807, 2.05) is 24.3 Å². The number of nitrogens with zero attached hydrogens (tertiary/aromatic N) is 2. The lowest BCUT2D eigenvalue weighted by Crippen LogP contribution is -2.13. The summed E-state index contributed by atoms with van der Waals surface area (Å²) >= 11 is 6.27. The molecule has 0 saturated carbocycles. The first kappa shape index (κ1) is 24.0. The van der Waals surface area contributed by atoms with Crippen molar-refractivity contribution in [3.8, 4) is 18.1 Å². The predicted molar refractivity (Wildman–Crippen MR) is 159 cm³/mol. The third kappa shape index (κ3) is 4.29. The number of H-pyrrole nitrogens is 1. The van der Waals surface area contributed by atoms with Crippen LogP contribution in [0.2, 0.25) is 5.02 Å². The van der Waals surface area contributed by atoms with Crippen molar-refractivity contribution in [1.29, 1.82) is 0 Å². The standard InChI is InChI=1S/C31H20ClN5O2.H2/c1-2-17-5-3-4-6-25(17)35-31(39)24-15-18-7-13-22-23-16-19(32)8-14-26(23)34-28(22)27(18)29(30(24)38)37-36-21-11-9-20(33)10-12-21;/h1,3-16,34,38H,33H2,(H,35,39);1H. The summed E-state index contributed by atoms with van der Waals surface area (Å²) in [5, 5.41) is 26.7. The molecule has 6 aromatic rings. The van der Waals surface area contributed by atoms with Crippen LogP contribution in [-0.2, 0) is 0 Å². The normalized spacial score (nSPS) is 11.4. The van der Waals surface area contributed by atoms with Crippen LogP contribution in [0.5, 0.6) is 5.75 Å². The Morgan fingerprint density at radius 1 is 1.00 bits per heavy atom. The van der Waals surface area contributed by atoms with Crippen molar-refractivity contribution >= 4 is 72.8 Å². The molecule has 1 heterocycles. The maximum Gasteiger partial charge on any atom is 0.259 e. The van der Waals surface area contributed by atoms with Gasteiger partial charge in [0.15, 0.2) is 5.75 Å². The number of fused-ring (bicyclic) bond motifs is 5. The molecular formula is C31H22ClN5O2. The van der Waals surface area contributed by atoms with Gasteiger partial charge in [-0.3, -0.25) is 4.79 Å². The van der Waals surface area contributed by atoms with Crippen LogP contribution < -0.4 is 11.1 Å². The third-order valence-corrected chi connectivity index (χ3v) is 6.75. The number of rotatable bonds is 4. The van der Waals surface area contributed by atoms with Crippen LogP contribution in [0.3, 0.4) is 0 Å². The van der Waals surface area contributed by atoms with Gasteiger partial charge in [-0.2, -0.15) is 5.11 Å². The average molecular weight is 532 g/mol. The van der Waals surface area contributed by atoms with E-state index < -0.39 is 5.91 Å². The summed E-state index contributed by atoms with van der Waals surface area (Å²) in [6.45, 7) is 0. The molecule has 0 spiro atoms. The number of para-hydroxylation sites is 1. The van der Waals surface area contributed by atoms with E-state index >= 15 is 0 Å². The second-order valence-electron chi connectivity index (χ2n) is 8.96. The number of aromatic amines is 1. The van der Waals surface area contributed by atoms with Gasteiger partial charge in [0.05, 0.1) is 22.5 Å². The van der Waals surface area contributed by atoms with Crippen LogP contribution in [0.25, 0.3) is 32.6 Å². The Labute approximate surface area is 229 Å². The summed E-state index contributed by atoms with van der Waals surface area (Å²) in [5.74, 6) is 1.70. The highest BCUT2D eigenvalue weighted by Gasteiger charge is 2.22. The number of terminal acetylenes is 1. The lowest BCUT2D eigenvalue weighted by molar-refractivity contribution is 0.102. The number of halogens is 1. The number of phenols is 1. The lowest BCUT2D eigenvalue weighted by Gasteiger charge is -2.13. The van der Waals surface area contributed by atoms with Crippen LogP contribution in [0, 0.1) is 12.3 Å². The molecule has 1 aromatic heterocycles. The molecule has 0 unspecified atom stereocenters. The second-order valence-corrected chi connectivity index (χ2v) is 9.39. The molecule has 6 rings (SSSR count). The van der Waals surface area contributed by atoms with Crippen LogP contribution in [0.1, 0.15) is 17.3 Å². The molecule has 5 N–H and O–H groups in total. The molecule has 0 bridgehead atoms. The number of azo groups is 1. The quantitative estimate of drug-likeness (QED) is 0.104. The molecule has 0 saturated heterocycles. The average Bonchev–Trinajstić information content (AvgIpc) is 3.31. The van der Waals surface area contributed by atoms with E-state index in [1.54, 1.807) is 60.7 Å². The zero-order chi connectivity index (χ0) is 27.1. The first-order valence-electron chi connectivity index (χ1n) is 12.0. The summed E-state index contributed by atoms with van der Waals surface area (Å²) < 4.78 is 0. The number of nitrogens with two attached hydrogens (primary N) is 1. The van der Waals surface area contributed by atoms with Gasteiger partial charge < -0.3 is 21.1 Å². The van der Waals surface area contributed by atoms with Crippen molar-refractivity contribution in [2.45, 2.75) is 0 Å². The SMILES string of the molecule is C#Cc1ccccc1NC(=O)c1cc2ccc3c4cc(Cl)ccc4[nH]c3c2c(N=Nc2ccc(N)cc2)c1O.[HH]. The van der Waals surface area contributed by atoms with Crippen molar-refractivity contribution < 1.29 is 11.3 Å². The molecule has 0 atom stereocenters. The van der Waals surface area contributed by atoms with Crippen molar-refractivity contribution in [2.24, 2.45) is 10.2 Å². The molecule has 8 heteroatoms. The van der Waals surface area contributed by atoms with E-state index in [-0.39, 0.29) is 18.4 Å². The molecule has 5 aromatic carbocycles. The Balaban J connectivity index is 0.00000323. The van der Waals surface area contributed by atoms with Gasteiger partial charge in [0.1, 0.15) is 5.69 Å². The van der Waals surface area contributed by atoms with Crippen LogP contribution in [0.15, 0.2) is 95.2 Å². The van der Waals surface area contributed by atoms with Crippen molar-refractivity contribution in [1.82, 2.24) is 4.98 Å². The number of carbonyl (C=O) groups is 1. The van der Waals surface area contributed by atoms with Gasteiger partial charge in [0, 0.05) is 39.4 Å². The lowest BCUT2D eigenvalue weighted by atomic mass is 10.00. The Morgan fingerprint density at radius 3 is 2.59 bits per heavy atom. The molecule has 1 amide bonds. The topological polar surface area (TPSA) is 116 Å². The van der Waals surface area contributed by atoms with Crippen LogP contribution in [-0.4, -0.2) is 16.0 Å².